The van der Waals surface area contributed by atoms with Crippen molar-refractivity contribution in [2.75, 3.05) is 13.6 Å². The van der Waals surface area contributed by atoms with Crippen LogP contribution in [-0.4, -0.2) is 30.4 Å². The first kappa shape index (κ1) is 12.9. The molecule has 1 aromatic rings. The van der Waals surface area contributed by atoms with Crippen molar-refractivity contribution in [1.82, 2.24) is 10.2 Å². The SMILES string of the molecule is CN(Cc1ccc(Cl)s1)C(=O)[C@H]1CCCCN1. The molecule has 1 aliphatic heterocycles. The molecule has 0 aliphatic carbocycles. The Morgan fingerprint density at radius 3 is 3.00 bits per heavy atom. The summed E-state index contributed by atoms with van der Waals surface area (Å²) < 4.78 is 0.775. The predicted molar refractivity (Wildman–Crippen MR) is 71.4 cm³/mol. The molecule has 1 aromatic heterocycles. The fourth-order valence-corrected chi connectivity index (χ4v) is 3.22. The van der Waals surface area contributed by atoms with Gasteiger partial charge in [0, 0.05) is 11.9 Å². The Hall–Kier alpha value is -0.580. The Balaban J connectivity index is 1.90. The smallest absolute Gasteiger partial charge is 0.239 e. The quantitative estimate of drug-likeness (QED) is 0.917. The van der Waals surface area contributed by atoms with Crippen LogP contribution in [0.25, 0.3) is 0 Å². The minimum Gasteiger partial charge on any atom is -0.339 e. The van der Waals surface area contributed by atoms with Crippen LogP contribution in [0.2, 0.25) is 4.34 Å². The van der Waals surface area contributed by atoms with Gasteiger partial charge in [0.1, 0.15) is 0 Å². The fourth-order valence-electron chi connectivity index (χ4n) is 2.08. The Labute approximate surface area is 111 Å². The average Bonchev–Trinajstić information content (AvgIpc) is 2.75. The van der Waals surface area contributed by atoms with E-state index in [0.717, 1.165) is 28.6 Å². The summed E-state index contributed by atoms with van der Waals surface area (Å²) in [6.45, 7) is 1.60. The maximum absolute atomic E-state index is 12.1. The Kier molecular flexibility index (Phi) is 4.42. The first-order chi connectivity index (χ1) is 8.16. The van der Waals surface area contributed by atoms with Gasteiger partial charge in [0.15, 0.2) is 0 Å². The molecule has 0 unspecified atom stereocenters. The largest absolute Gasteiger partial charge is 0.339 e. The van der Waals surface area contributed by atoms with Crippen molar-refractivity contribution >= 4 is 28.8 Å². The van der Waals surface area contributed by atoms with Crippen molar-refractivity contribution in [3.8, 4) is 0 Å². The van der Waals surface area contributed by atoms with Crippen LogP contribution in [0.3, 0.4) is 0 Å². The number of carbonyl (C=O) groups excluding carboxylic acids is 1. The molecule has 1 fully saturated rings. The number of thiophene rings is 1. The lowest BCUT2D eigenvalue weighted by Crippen LogP contribution is -2.46. The Bertz CT molecular complexity index is 388. The second-order valence-electron chi connectivity index (χ2n) is 4.40. The van der Waals surface area contributed by atoms with Crippen molar-refractivity contribution in [3.05, 3.63) is 21.3 Å². The highest BCUT2D eigenvalue weighted by atomic mass is 35.5. The highest BCUT2D eigenvalue weighted by Crippen LogP contribution is 2.22. The maximum atomic E-state index is 12.1. The average molecular weight is 273 g/mol. The molecule has 2 rings (SSSR count). The van der Waals surface area contributed by atoms with Crippen molar-refractivity contribution < 1.29 is 4.79 Å². The van der Waals surface area contributed by atoms with E-state index in [1.807, 2.05) is 19.2 Å². The molecular formula is C12H17ClN2OS. The highest BCUT2D eigenvalue weighted by Gasteiger charge is 2.23. The molecule has 0 bridgehead atoms. The van der Waals surface area contributed by atoms with Crippen LogP contribution in [0.15, 0.2) is 12.1 Å². The third kappa shape index (κ3) is 3.44. The van der Waals surface area contributed by atoms with Gasteiger partial charge < -0.3 is 10.2 Å². The number of carbonyl (C=O) groups is 1. The molecule has 0 radical (unpaired) electrons. The van der Waals surface area contributed by atoms with Crippen LogP contribution >= 0.6 is 22.9 Å². The minimum atomic E-state index is 0.00387. The van der Waals surface area contributed by atoms with E-state index in [1.54, 1.807) is 4.90 Å². The summed E-state index contributed by atoms with van der Waals surface area (Å²) in [5, 5.41) is 3.28. The third-order valence-corrected chi connectivity index (χ3v) is 4.22. The van der Waals surface area contributed by atoms with E-state index in [4.69, 9.17) is 11.6 Å². The zero-order valence-corrected chi connectivity index (χ0v) is 11.5. The van der Waals surface area contributed by atoms with Crippen LogP contribution in [0.1, 0.15) is 24.1 Å². The number of nitrogens with one attached hydrogen (secondary N) is 1. The lowest BCUT2D eigenvalue weighted by molar-refractivity contribution is -0.133. The van der Waals surface area contributed by atoms with E-state index in [2.05, 4.69) is 5.32 Å². The molecule has 1 saturated heterocycles. The fraction of sp³-hybridized carbons (Fsp3) is 0.583. The number of piperidine rings is 1. The summed E-state index contributed by atoms with van der Waals surface area (Å²) in [6, 6.07) is 3.85. The molecule has 1 N–H and O–H groups in total. The number of rotatable bonds is 3. The highest BCUT2D eigenvalue weighted by molar-refractivity contribution is 7.16. The number of likely N-dealkylation sites (N-methyl/N-ethyl adjacent to an activating group) is 1. The molecule has 5 heteroatoms. The molecule has 3 nitrogen and oxygen atoms in total. The van der Waals surface area contributed by atoms with Crippen LogP contribution in [-0.2, 0) is 11.3 Å². The van der Waals surface area contributed by atoms with Gasteiger partial charge in [-0.15, -0.1) is 11.3 Å². The maximum Gasteiger partial charge on any atom is 0.239 e. The minimum absolute atomic E-state index is 0.00387. The van der Waals surface area contributed by atoms with E-state index in [9.17, 15) is 4.79 Å². The second kappa shape index (κ2) is 5.85. The normalized spacial score (nSPS) is 20.2. The number of hydrogen-bond donors (Lipinski definition) is 1. The van der Waals surface area contributed by atoms with E-state index in [1.165, 1.54) is 17.8 Å². The molecule has 1 atom stereocenters. The number of amides is 1. The topological polar surface area (TPSA) is 32.3 Å². The number of nitrogens with zero attached hydrogens (tertiary/aromatic N) is 1. The van der Waals surface area contributed by atoms with E-state index in [-0.39, 0.29) is 11.9 Å². The molecule has 1 aliphatic rings. The van der Waals surface area contributed by atoms with Gasteiger partial charge in [-0.05, 0) is 31.5 Å². The number of hydrogen-bond acceptors (Lipinski definition) is 3. The van der Waals surface area contributed by atoms with Crippen LogP contribution in [0, 0.1) is 0 Å². The summed E-state index contributed by atoms with van der Waals surface area (Å²) >= 11 is 7.41. The monoisotopic (exact) mass is 272 g/mol. The lowest BCUT2D eigenvalue weighted by Gasteiger charge is -2.27. The Morgan fingerprint density at radius 2 is 2.41 bits per heavy atom. The van der Waals surface area contributed by atoms with Gasteiger partial charge in [-0.2, -0.15) is 0 Å². The van der Waals surface area contributed by atoms with Gasteiger partial charge in [0.2, 0.25) is 5.91 Å². The summed E-state index contributed by atoms with van der Waals surface area (Å²) in [5.41, 5.74) is 0. The van der Waals surface area contributed by atoms with Gasteiger partial charge in [-0.25, -0.2) is 0 Å². The van der Waals surface area contributed by atoms with Crippen molar-refractivity contribution in [2.24, 2.45) is 0 Å². The predicted octanol–water partition coefficient (Wildman–Crippen LogP) is 2.50. The molecule has 0 aromatic carbocycles. The van der Waals surface area contributed by atoms with Crippen LogP contribution in [0.5, 0.6) is 0 Å². The molecule has 0 spiro atoms. The van der Waals surface area contributed by atoms with Crippen molar-refractivity contribution in [2.45, 2.75) is 31.8 Å². The first-order valence-corrected chi connectivity index (χ1v) is 7.09. The summed E-state index contributed by atoms with van der Waals surface area (Å²) in [4.78, 5) is 15.1. The summed E-state index contributed by atoms with van der Waals surface area (Å²) in [7, 11) is 1.85. The van der Waals surface area contributed by atoms with Gasteiger partial charge in [-0.3, -0.25) is 4.79 Å². The van der Waals surface area contributed by atoms with Gasteiger partial charge in [0.05, 0.1) is 16.9 Å². The number of halogens is 1. The summed E-state index contributed by atoms with van der Waals surface area (Å²) in [5.74, 6) is 0.189. The van der Waals surface area contributed by atoms with Crippen molar-refractivity contribution in [3.63, 3.8) is 0 Å². The first-order valence-electron chi connectivity index (χ1n) is 5.89. The molecule has 17 heavy (non-hydrogen) atoms. The lowest BCUT2D eigenvalue weighted by atomic mass is 10.0. The molecule has 94 valence electrons. The van der Waals surface area contributed by atoms with Crippen LogP contribution in [0.4, 0.5) is 0 Å². The van der Waals surface area contributed by atoms with E-state index >= 15 is 0 Å². The van der Waals surface area contributed by atoms with E-state index < -0.39 is 0 Å². The Morgan fingerprint density at radius 1 is 1.59 bits per heavy atom. The van der Waals surface area contributed by atoms with Gasteiger partial charge in [0.25, 0.3) is 0 Å². The standard InChI is InChI=1S/C12H17ClN2OS/c1-15(8-9-5-6-11(13)17-9)12(16)10-4-2-3-7-14-10/h5-6,10,14H,2-4,7-8H2,1H3/t10-/m1/s1. The zero-order chi connectivity index (χ0) is 12.3. The molecule has 1 amide bonds. The third-order valence-electron chi connectivity index (χ3n) is 3.01. The van der Waals surface area contributed by atoms with Crippen LogP contribution < -0.4 is 5.32 Å². The van der Waals surface area contributed by atoms with Gasteiger partial charge in [-0.1, -0.05) is 18.0 Å². The second-order valence-corrected chi connectivity index (χ2v) is 6.20. The molecule has 0 saturated carbocycles. The zero-order valence-electron chi connectivity index (χ0n) is 9.91. The summed E-state index contributed by atoms with van der Waals surface area (Å²) in [6.07, 6.45) is 3.27. The van der Waals surface area contributed by atoms with E-state index in [0.29, 0.717) is 6.54 Å². The van der Waals surface area contributed by atoms with Crippen molar-refractivity contribution in [1.29, 1.82) is 0 Å². The van der Waals surface area contributed by atoms with Gasteiger partial charge >= 0.3 is 0 Å². The molecule has 2 heterocycles. The molecular weight excluding hydrogens is 256 g/mol.